The molecule has 11 heteroatoms. The zero-order valence-corrected chi connectivity index (χ0v) is 15.2. The Kier molecular flexibility index (Phi) is 5.60. The van der Waals surface area contributed by atoms with Crippen LogP contribution in [0, 0.1) is 0 Å². The van der Waals surface area contributed by atoms with Crippen LogP contribution in [0.3, 0.4) is 0 Å². The Bertz CT molecular complexity index is 1020. The molecule has 2 aromatic heterocycles. The van der Waals surface area contributed by atoms with Crippen molar-refractivity contribution in [3.63, 3.8) is 0 Å². The number of nitrogens with one attached hydrogen (secondary N) is 1. The van der Waals surface area contributed by atoms with Gasteiger partial charge in [0.1, 0.15) is 16.7 Å². The summed E-state index contributed by atoms with van der Waals surface area (Å²) in [4.78, 5) is 7.80. The number of nitrogens with two attached hydrogens (primary N) is 1. The molecule has 0 radical (unpaired) electrons. The first kappa shape index (κ1) is 20.8. The van der Waals surface area contributed by atoms with E-state index in [2.05, 4.69) is 14.7 Å². The summed E-state index contributed by atoms with van der Waals surface area (Å²) < 4.78 is 82.9. The minimum absolute atomic E-state index is 0.0702. The molecule has 0 unspecified atom stereocenters. The average molecular weight is 430 g/mol. The van der Waals surface area contributed by atoms with Crippen molar-refractivity contribution in [2.75, 3.05) is 10.5 Å². The second-order valence-electron chi connectivity index (χ2n) is 5.74. The van der Waals surface area contributed by atoms with Gasteiger partial charge in [0.25, 0.3) is 0 Å². The van der Waals surface area contributed by atoms with E-state index in [0.717, 1.165) is 30.1 Å². The molecule has 0 bridgehead atoms. The third-order valence-corrected chi connectivity index (χ3v) is 4.44. The molecule has 0 amide bonds. The SMILES string of the molecule is Nc1cccc(SNc2ccc(C(F)(F)F)c(-c3ccccc3C(F)(F)F)n2)n1. The number of aromatic nitrogens is 2. The van der Waals surface area contributed by atoms with Crippen LogP contribution < -0.4 is 10.5 Å². The van der Waals surface area contributed by atoms with Gasteiger partial charge in [-0.1, -0.05) is 24.3 Å². The van der Waals surface area contributed by atoms with Gasteiger partial charge in [0, 0.05) is 17.5 Å². The number of anilines is 2. The Hall–Kier alpha value is -2.95. The van der Waals surface area contributed by atoms with Crippen molar-refractivity contribution in [2.24, 2.45) is 0 Å². The third-order valence-electron chi connectivity index (χ3n) is 3.69. The first-order valence-electron chi connectivity index (χ1n) is 7.96. The van der Waals surface area contributed by atoms with Gasteiger partial charge >= 0.3 is 12.4 Å². The van der Waals surface area contributed by atoms with Gasteiger partial charge in [0.05, 0.1) is 16.8 Å². The molecule has 0 atom stereocenters. The predicted octanol–water partition coefficient (Wildman–Crippen LogP) is 5.88. The zero-order chi connectivity index (χ0) is 21.2. The standard InChI is InChI=1S/C18H12F6N4S/c19-17(20,21)11-5-2-1-4-10(11)16-12(18(22,23)24)8-9-14(27-16)28-29-15-7-3-6-13(25)26-15/h1-9H,(H2,25,26)(H,27,28). The van der Waals surface area contributed by atoms with Crippen LogP contribution in [0.2, 0.25) is 0 Å². The number of halogens is 6. The molecule has 3 aromatic rings. The quantitative estimate of drug-likeness (QED) is 0.400. The lowest BCUT2D eigenvalue weighted by atomic mass is 9.99. The van der Waals surface area contributed by atoms with E-state index in [1.807, 2.05) is 0 Å². The number of alkyl halides is 6. The van der Waals surface area contributed by atoms with Crippen molar-refractivity contribution in [3.8, 4) is 11.3 Å². The molecular weight excluding hydrogens is 418 g/mol. The molecule has 0 fully saturated rings. The van der Waals surface area contributed by atoms with Gasteiger partial charge in [-0.15, -0.1) is 0 Å². The minimum Gasteiger partial charge on any atom is -0.384 e. The lowest BCUT2D eigenvalue weighted by Gasteiger charge is -2.17. The maximum Gasteiger partial charge on any atom is 0.418 e. The molecule has 4 nitrogen and oxygen atoms in total. The number of benzene rings is 1. The fraction of sp³-hybridized carbons (Fsp3) is 0.111. The fourth-order valence-electron chi connectivity index (χ4n) is 2.48. The van der Waals surface area contributed by atoms with Gasteiger partial charge in [-0.2, -0.15) is 26.3 Å². The van der Waals surface area contributed by atoms with Gasteiger partial charge in [-0.25, -0.2) is 9.97 Å². The van der Waals surface area contributed by atoms with Crippen LogP contribution in [-0.4, -0.2) is 9.97 Å². The lowest BCUT2D eigenvalue weighted by molar-refractivity contribution is -0.139. The highest BCUT2D eigenvalue weighted by molar-refractivity contribution is 8.00. The van der Waals surface area contributed by atoms with E-state index >= 15 is 0 Å². The fourth-order valence-corrected chi connectivity index (χ4v) is 3.10. The second kappa shape index (κ2) is 7.82. The Morgan fingerprint density at radius 2 is 1.45 bits per heavy atom. The molecule has 0 aliphatic carbocycles. The van der Waals surface area contributed by atoms with Crippen LogP contribution >= 0.6 is 11.9 Å². The van der Waals surface area contributed by atoms with Gasteiger partial charge in [-0.3, -0.25) is 0 Å². The van der Waals surface area contributed by atoms with E-state index in [1.54, 1.807) is 18.2 Å². The highest BCUT2D eigenvalue weighted by Gasteiger charge is 2.39. The predicted molar refractivity (Wildman–Crippen MR) is 97.8 cm³/mol. The second-order valence-corrected chi connectivity index (χ2v) is 6.57. The minimum atomic E-state index is -4.89. The molecular formula is C18H12F6N4S. The Labute approximate surface area is 165 Å². The molecule has 3 rings (SSSR count). The highest BCUT2D eigenvalue weighted by Crippen LogP contribution is 2.42. The van der Waals surface area contributed by atoms with Gasteiger partial charge in [0.15, 0.2) is 0 Å². The molecule has 2 heterocycles. The summed E-state index contributed by atoms with van der Waals surface area (Å²) in [6.07, 6.45) is -9.73. The van der Waals surface area contributed by atoms with Crippen LogP contribution in [0.15, 0.2) is 59.6 Å². The maximum absolute atomic E-state index is 13.4. The van der Waals surface area contributed by atoms with Crippen molar-refractivity contribution in [1.29, 1.82) is 0 Å². The Morgan fingerprint density at radius 3 is 2.10 bits per heavy atom. The van der Waals surface area contributed by atoms with Crippen LogP contribution in [-0.2, 0) is 12.4 Å². The molecule has 0 saturated carbocycles. The van der Waals surface area contributed by atoms with E-state index in [4.69, 9.17) is 5.73 Å². The van der Waals surface area contributed by atoms with Crippen molar-refractivity contribution in [3.05, 3.63) is 65.7 Å². The van der Waals surface area contributed by atoms with E-state index in [9.17, 15) is 26.3 Å². The van der Waals surface area contributed by atoms with Crippen LogP contribution in [0.4, 0.5) is 38.0 Å². The number of hydrogen-bond donors (Lipinski definition) is 2. The first-order valence-corrected chi connectivity index (χ1v) is 8.77. The summed E-state index contributed by atoms with van der Waals surface area (Å²) in [7, 11) is 0. The summed E-state index contributed by atoms with van der Waals surface area (Å²) in [6, 6.07) is 10.5. The molecule has 0 aliphatic rings. The van der Waals surface area contributed by atoms with E-state index in [-0.39, 0.29) is 11.6 Å². The van der Waals surface area contributed by atoms with Gasteiger partial charge in [-0.05, 0) is 30.3 Å². The Morgan fingerprint density at radius 1 is 0.759 bits per heavy atom. The third kappa shape index (κ3) is 4.91. The van der Waals surface area contributed by atoms with E-state index in [0.29, 0.717) is 17.2 Å². The van der Waals surface area contributed by atoms with Gasteiger partial charge in [0.2, 0.25) is 0 Å². The van der Waals surface area contributed by atoms with Crippen LogP contribution in [0.5, 0.6) is 0 Å². The zero-order valence-electron chi connectivity index (χ0n) is 14.3. The number of nitrogen functional groups attached to an aromatic ring is 1. The number of pyridine rings is 2. The molecule has 1 aromatic carbocycles. The lowest BCUT2D eigenvalue weighted by Crippen LogP contribution is -2.13. The first-order chi connectivity index (χ1) is 13.6. The van der Waals surface area contributed by atoms with Crippen molar-refractivity contribution in [2.45, 2.75) is 17.4 Å². The number of nitrogens with zero attached hydrogens (tertiary/aromatic N) is 2. The van der Waals surface area contributed by atoms with Crippen molar-refractivity contribution in [1.82, 2.24) is 9.97 Å². The summed E-state index contributed by atoms with van der Waals surface area (Å²) in [5, 5.41) is 0.406. The maximum atomic E-state index is 13.4. The smallest absolute Gasteiger partial charge is 0.384 e. The molecule has 0 aliphatic heterocycles. The highest BCUT2D eigenvalue weighted by atomic mass is 32.2. The number of rotatable bonds is 4. The molecule has 152 valence electrons. The summed E-state index contributed by atoms with van der Waals surface area (Å²) in [5.41, 5.74) is 1.59. The average Bonchev–Trinajstić information content (AvgIpc) is 2.65. The molecule has 0 spiro atoms. The van der Waals surface area contributed by atoms with Crippen LogP contribution in [0.25, 0.3) is 11.3 Å². The summed E-state index contributed by atoms with van der Waals surface area (Å²) in [6.45, 7) is 0. The summed E-state index contributed by atoms with van der Waals surface area (Å²) in [5.74, 6) is 0.163. The Balaban J connectivity index is 2.04. The topological polar surface area (TPSA) is 63.8 Å². The van der Waals surface area contributed by atoms with Crippen molar-refractivity contribution < 1.29 is 26.3 Å². The molecule has 0 saturated heterocycles. The molecule has 29 heavy (non-hydrogen) atoms. The van der Waals surface area contributed by atoms with Crippen molar-refractivity contribution >= 4 is 23.6 Å². The normalized spacial score (nSPS) is 12.1. The number of hydrogen-bond acceptors (Lipinski definition) is 5. The van der Waals surface area contributed by atoms with Crippen LogP contribution in [0.1, 0.15) is 11.1 Å². The summed E-state index contributed by atoms with van der Waals surface area (Å²) >= 11 is 0.908. The van der Waals surface area contributed by atoms with E-state index in [1.165, 1.54) is 6.07 Å². The molecule has 3 N–H and O–H groups in total. The van der Waals surface area contributed by atoms with E-state index < -0.39 is 34.7 Å². The van der Waals surface area contributed by atoms with Gasteiger partial charge < -0.3 is 10.5 Å². The largest absolute Gasteiger partial charge is 0.418 e. The monoisotopic (exact) mass is 430 g/mol.